The summed E-state index contributed by atoms with van der Waals surface area (Å²) in [4.78, 5) is 25.1. The lowest BCUT2D eigenvalue weighted by Crippen LogP contribution is -2.48. The van der Waals surface area contributed by atoms with Crippen LogP contribution in [0.1, 0.15) is 61.5 Å². The molecule has 1 fully saturated rings. The third kappa shape index (κ3) is 6.93. The van der Waals surface area contributed by atoms with Crippen molar-refractivity contribution in [3.8, 4) is 17.1 Å². The average molecular weight is 593 g/mol. The molecule has 2 aliphatic rings. The topological polar surface area (TPSA) is 111 Å². The highest BCUT2D eigenvalue weighted by Gasteiger charge is 2.33. The van der Waals surface area contributed by atoms with Gasteiger partial charge in [-0.25, -0.2) is 18.1 Å². The van der Waals surface area contributed by atoms with Crippen LogP contribution in [0.4, 0.5) is 5.95 Å². The van der Waals surface area contributed by atoms with E-state index >= 15 is 0 Å². The second kappa shape index (κ2) is 12.0. The minimum absolute atomic E-state index is 0.0375. The maximum absolute atomic E-state index is 14.2. The predicted molar refractivity (Wildman–Crippen MR) is 162 cm³/mol. The van der Waals surface area contributed by atoms with Gasteiger partial charge in [0.05, 0.1) is 23.2 Å². The third-order valence-corrected chi connectivity index (χ3v) is 9.07. The van der Waals surface area contributed by atoms with Crippen molar-refractivity contribution in [2.24, 2.45) is 11.3 Å². The maximum Gasteiger partial charge on any atom is 0.264 e. The summed E-state index contributed by atoms with van der Waals surface area (Å²) in [6, 6.07) is 13.5. The lowest BCUT2D eigenvalue weighted by molar-refractivity contribution is 0.0178. The molecule has 9 nitrogen and oxygen atoms in total. The Morgan fingerprint density at radius 2 is 1.76 bits per heavy atom. The molecule has 0 aliphatic carbocycles. The molecule has 3 aromatic rings. The molecule has 4 bridgehead atoms. The molecule has 2 aliphatic heterocycles. The molecular formula is C32H40N4O5S. The van der Waals surface area contributed by atoms with Gasteiger partial charge in [-0.2, -0.15) is 4.98 Å². The van der Waals surface area contributed by atoms with Crippen LogP contribution in [-0.4, -0.2) is 61.6 Å². The van der Waals surface area contributed by atoms with Crippen molar-refractivity contribution < 1.29 is 22.7 Å². The van der Waals surface area contributed by atoms with Crippen molar-refractivity contribution in [2.45, 2.75) is 64.8 Å². The number of hydrogen-bond donors (Lipinski definition) is 1. The Labute approximate surface area is 248 Å². The molecule has 10 heteroatoms. The lowest BCUT2D eigenvalue weighted by atomic mass is 9.87. The van der Waals surface area contributed by atoms with Crippen LogP contribution in [0.25, 0.3) is 11.3 Å². The van der Waals surface area contributed by atoms with Gasteiger partial charge in [0, 0.05) is 30.3 Å². The zero-order valence-electron chi connectivity index (χ0n) is 25.0. The van der Waals surface area contributed by atoms with E-state index in [2.05, 4.69) is 35.5 Å². The first kappa shape index (κ1) is 30.0. The summed E-state index contributed by atoms with van der Waals surface area (Å²) in [6.07, 6.45) is 2.57. The molecule has 5 rings (SSSR count). The Morgan fingerprint density at radius 3 is 2.45 bits per heavy atom. The number of anilines is 1. The normalized spacial score (nSPS) is 20.9. The van der Waals surface area contributed by atoms with Gasteiger partial charge in [-0.15, -0.1) is 0 Å². The number of fused-ring (bicyclic) bond motifs is 4. The van der Waals surface area contributed by atoms with Crippen LogP contribution in [0, 0.1) is 25.2 Å². The number of rotatable bonds is 4. The van der Waals surface area contributed by atoms with Crippen molar-refractivity contribution >= 4 is 21.9 Å². The molecule has 2 atom stereocenters. The lowest BCUT2D eigenvalue weighted by Gasteiger charge is -2.38. The molecular weight excluding hydrogens is 552 g/mol. The number of benzene rings is 2. The highest BCUT2D eigenvalue weighted by atomic mass is 32.2. The van der Waals surface area contributed by atoms with Gasteiger partial charge in [0.1, 0.15) is 6.61 Å². The standard InChI is InChI=1S/C32H40N4O5S/c1-21-9-6-10-22(2)29(21)27-16-28-34-31(33-27)35-42(38,39)26-13-7-12-24(15-26)30(37)36(18-23-11-8-14-40-19-23)25(20-41-28)17-32(3,4)5/h6-7,9-10,12-13,15-16,23,25H,8,11,14,17-20H2,1-5H3,(H,33,34,35)/t23?,25-/m1/s1. The van der Waals surface area contributed by atoms with Crippen LogP contribution in [0.5, 0.6) is 5.88 Å². The van der Waals surface area contributed by atoms with E-state index in [-0.39, 0.29) is 46.6 Å². The minimum Gasteiger partial charge on any atom is -0.475 e. The van der Waals surface area contributed by atoms with Crippen LogP contribution in [0.3, 0.4) is 0 Å². The van der Waals surface area contributed by atoms with E-state index in [1.807, 2.05) is 36.9 Å². The van der Waals surface area contributed by atoms with Crippen molar-refractivity contribution in [3.05, 3.63) is 65.2 Å². The zero-order chi connectivity index (χ0) is 30.1. The molecule has 224 valence electrons. The fourth-order valence-electron chi connectivity index (χ4n) is 5.81. The first-order valence-electron chi connectivity index (χ1n) is 14.5. The monoisotopic (exact) mass is 592 g/mol. The number of sulfonamides is 1. The summed E-state index contributed by atoms with van der Waals surface area (Å²) < 4.78 is 41.7. The summed E-state index contributed by atoms with van der Waals surface area (Å²) in [6.45, 7) is 12.4. The SMILES string of the molecule is Cc1cccc(C)c1-c1cc2nc(n1)NS(=O)(=O)c1cccc(c1)C(=O)N(CC1CCCOC1)[C@H](CC(C)(C)C)CO2. The van der Waals surface area contributed by atoms with Gasteiger partial charge in [0.2, 0.25) is 11.8 Å². The zero-order valence-corrected chi connectivity index (χ0v) is 25.8. The quantitative estimate of drug-likeness (QED) is 0.418. The van der Waals surface area contributed by atoms with E-state index < -0.39 is 10.0 Å². The maximum atomic E-state index is 14.2. The van der Waals surface area contributed by atoms with Gasteiger partial charge >= 0.3 is 0 Å². The fraction of sp³-hybridized carbons (Fsp3) is 0.469. The largest absolute Gasteiger partial charge is 0.475 e. The number of nitrogens with one attached hydrogen (secondary N) is 1. The number of aryl methyl sites for hydroxylation is 2. The van der Waals surface area contributed by atoms with Crippen molar-refractivity contribution in [1.82, 2.24) is 14.9 Å². The van der Waals surface area contributed by atoms with Crippen LogP contribution in [-0.2, 0) is 14.8 Å². The van der Waals surface area contributed by atoms with Gasteiger partial charge in [-0.05, 0) is 73.8 Å². The van der Waals surface area contributed by atoms with Crippen LogP contribution in [0.2, 0.25) is 0 Å². The van der Waals surface area contributed by atoms with E-state index in [0.717, 1.165) is 36.1 Å². The first-order chi connectivity index (χ1) is 19.9. The van der Waals surface area contributed by atoms with Gasteiger partial charge in [-0.1, -0.05) is 45.0 Å². The average Bonchev–Trinajstić information content (AvgIpc) is 2.93. The Balaban J connectivity index is 1.65. The summed E-state index contributed by atoms with van der Waals surface area (Å²) in [5.41, 5.74) is 3.62. The van der Waals surface area contributed by atoms with Gasteiger partial charge in [0.25, 0.3) is 15.9 Å². The summed E-state index contributed by atoms with van der Waals surface area (Å²) in [5, 5.41) is 0. The molecule has 3 heterocycles. The van der Waals surface area contributed by atoms with Gasteiger partial charge < -0.3 is 14.4 Å². The Bertz CT molecular complexity index is 1540. The van der Waals surface area contributed by atoms with Crippen molar-refractivity contribution in [3.63, 3.8) is 0 Å². The van der Waals surface area contributed by atoms with E-state index in [1.54, 1.807) is 18.2 Å². The predicted octanol–water partition coefficient (Wildman–Crippen LogP) is 5.63. The Hall–Kier alpha value is -3.50. The van der Waals surface area contributed by atoms with Crippen molar-refractivity contribution in [1.29, 1.82) is 0 Å². The minimum atomic E-state index is -4.11. The molecule has 1 saturated heterocycles. The van der Waals surface area contributed by atoms with Crippen molar-refractivity contribution in [2.75, 3.05) is 31.1 Å². The molecule has 1 amide bonds. The fourth-order valence-corrected chi connectivity index (χ4v) is 6.80. The highest BCUT2D eigenvalue weighted by Crippen LogP contribution is 2.32. The smallest absolute Gasteiger partial charge is 0.264 e. The van der Waals surface area contributed by atoms with Gasteiger partial charge in [-0.3, -0.25) is 4.79 Å². The number of aromatic nitrogens is 2. The molecule has 1 N–H and O–H groups in total. The Kier molecular flexibility index (Phi) is 8.57. The van der Waals surface area contributed by atoms with E-state index in [9.17, 15) is 13.2 Å². The molecule has 1 aromatic heterocycles. The number of ether oxygens (including phenoxy) is 2. The molecule has 2 aromatic carbocycles. The van der Waals surface area contributed by atoms with Crippen LogP contribution >= 0.6 is 0 Å². The number of nitrogens with zero attached hydrogens (tertiary/aromatic N) is 3. The molecule has 0 radical (unpaired) electrons. The van der Waals surface area contributed by atoms with E-state index in [1.165, 1.54) is 12.1 Å². The van der Waals surface area contributed by atoms with E-state index in [0.29, 0.717) is 30.8 Å². The number of carbonyl (C=O) groups excluding carboxylic acids is 1. The second-order valence-electron chi connectivity index (χ2n) is 12.6. The first-order valence-corrected chi connectivity index (χ1v) is 16.0. The molecule has 0 spiro atoms. The summed E-state index contributed by atoms with van der Waals surface area (Å²) in [5.74, 6) is 0.0859. The molecule has 1 unspecified atom stereocenters. The number of carbonyl (C=O) groups is 1. The molecule has 42 heavy (non-hydrogen) atoms. The van der Waals surface area contributed by atoms with Crippen LogP contribution < -0.4 is 9.46 Å². The van der Waals surface area contributed by atoms with E-state index in [4.69, 9.17) is 9.47 Å². The highest BCUT2D eigenvalue weighted by molar-refractivity contribution is 7.92. The second-order valence-corrected chi connectivity index (χ2v) is 14.3. The Morgan fingerprint density at radius 1 is 1.02 bits per heavy atom. The molecule has 0 saturated carbocycles. The number of amides is 1. The van der Waals surface area contributed by atoms with Gasteiger partial charge in [0.15, 0.2) is 0 Å². The number of hydrogen-bond acceptors (Lipinski definition) is 7. The third-order valence-electron chi connectivity index (χ3n) is 7.74. The summed E-state index contributed by atoms with van der Waals surface area (Å²) >= 11 is 0. The summed E-state index contributed by atoms with van der Waals surface area (Å²) in [7, 11) is -4.11. The van der Waals surface area contributed by atoms with Crippen LogP contribution in [0.15, 0.2) is 53.4 Å².